The Hall–Kier alpha value is -2.03. The Morgan fingerprint density at radius 3 is 2.82 bits per heavy atom. The first kappa shape index (κ1) is 10.1. The number of fused-ring (bicyclic) bond motifs is 1. The summed E-state index contributed by atoms with van der Waals surface area (Å²) < 4.78 is 0. The van der Waals surface area contributed by atoms with Gasteiger partial charge in [-0.25, -0.2) is 4.98 Å². The van der Waals surface area contributed by atoms with Gasteiger partial charge in [-0.05, 0) is 30.0 Å². The van der Waals surface area contributed by atoms with Crippen molar-refractivity contribution in [3.05, 3.63) is 42.0 Å². The molecule has 3 nitrogen and oxygen atoms in total. The molecule has 1 aromatic heterocycles. The Kier molecular flexibility index (Phi) is 2.44. The van der Waals surface area contributed by atoms with Crippen LogP contribution < -0.4 is 11.1 Å². The Labute approximate surface area is 101 Å². The molecule has 2 heterocycles. The average molecular weight is 225 g/mol. The summed E-state index contributed by atoms with van der Waals surface area (Å²) in [6.45, 7) is 0.990. The largest absolute Gasteiger partial charge is 0.383 e. The zero-order chi connectivity index (χ0) is 11.7. The molecule has 0 radical (unpaired) electrons. The SMILES string of the molecule is Nc1nc2c(cc1-c1ccccc1)CCCN2. The summed E-state index contributed by atoms with van der Waals surface area (Å²) in [5, 5.41) is 3.29. The number of pyridine rings is 1. The number of hydrogen-bond donors (Lipinski definition) is 2. The van der Waals surface area contributed by atoms with E-state index < -0.39 is 0 Å². The highest BCUT2D eigenvalue weighted by atomic mass is 15.0. The summed E-state index contributed by atoms with van der Waals surface area (Å²) in [4.78, 5) is 4.46. The first-order valence-corrected chi connectivity index (χ1v) is 5.93. The molecule has 3 heteroatoms. The minimum absolute atomic E-state index is 0.601. The van der Waals surface area contributed by atoms with Gasteiger partial charge in [0.1, 0.15) is 11.6 Å². The number of benzene rings is 1. The quantitative estimate of drug-likeness (QED) is 0.784. The average Bonchev–Trinajstić information content (AvgIpc) is 2.39. The molecule has 0 spiro atoms. The van der Waals surface area contributed by atoms with Crippen molar-refractivity contribution in [1.29, 1.82) is 0 Å². The second-order valence-corrected chi connectivity index (χ2v) is 4.33. The number of nitrogens with two attached hydrogens (primary N) is 1. The molecular weight excluding hydrogens is 210 g/mol. The molecule has 1 aromatic carbocycles. The van der Waals surface area contributed by atoms with E-state index in [1.807, 2.05) is 18.2 Å². The van der Waals surface area contributed by atoms with E-state index in [0.29, 0.717) is 5.82 Å². The lowest BCUT2D eigenvalue weighted by molar-refractivity contribution is 0.819. The molecule has 1 aliphatic heterocycles. The highest BCUT2D eigenvalue weighted by molar-refractivity contribution is 5.76. The number of anilines is 2. The van der Waals surface area contributed by atoms with Gasteiger partial charge in [0.15, 0.2) is 0 Å². The Balaban J connectivity index is 2.12. The summed E-state index contributed by atoms with van der Waals surface area (Å²) in [6.07, 6.45) is 2.24. The molecule has 0 amide bonds. The van der Waals surface area contributed by atoms with Gasteiger partial charge in [-0.2, -0.15) is 0 Å². The molecule has 17 heavy (non-hydrogen) atoms. The van der Waals surface area contributed by atoms with Crippen LogP contribution in [0.25, 0.3) is 11.1 Å². The minimum Gasteiger partial charge on any atom is -0.383 e. The summed E-state index contributed by atoms with van der Waals surface area (Å²) in [7, 11) is 0. The maximum Gasteiger partial charge on any atom is 0.133 e. The van der Waals surface area contributed by atoms with Gasteiger partial charge >= 0.3 is 0 Å². The van der Waals surface area contributed by atoms with Gasteiger partial charge in [-0.1, -0.05) is 30.3 Å². The number of nitrogens with zero attached hydrogens (tertiary/aromatic N) is 1. The molecule has 0 fully saturated rings. The second kappa shape index (κ2) is 4.09. The van der Waals surface area contributed by atoms with Gasteiger partial charge in [-0.3, -0.25) is 0 Å². The number of aryl methyl sites for hydroxylation is 1. The summed E-state index contributed by atoms with van der Waals surface area (Å²) in [5.41, 5.74) is 9.46. The first-order chi connectivity index (χ1) is 8.34. The Morgan fingerprint density at radius 2 is 2.00 bits per heavy atom. The van der Waals surface area contributed by atoms with Gasteiger partial charge in [0.25, 0.3) is 0 Å². The Morgan fingerprint density at radius 1 is 1.18 bits per heavy atom. The van der Waals surface area contributed by atoms with Gasteiger partial charge in [0.05, 0.1) is 0 Å². The van der Waals surface area contributed by atoms with E-state index in [9.17, 15) is 0 Å². The van der Waals surface area contributed by atoms with Crippen molar-refractivity contribution in [3.63, 3.8) is 0 Å². The van der Waals surface area contributed by atoms with Crippen molar-refractivity contribution >= 4 is 11.6 Å². The molecule has 0 saturated carbocycles. The van der Waals surface area contributed by atoms with Crippen molar-refractivity contribution in [1.82, 2.24) is 4.98 Å². The van der Waals surface area contributed by atoms with E-state index in [4.69, 9.17) is 5.73 Å². The Bertz CT molecular complexity index is 535. The molecule has 2 aromatic rings. The smallest absolute Gasteiger partial charge is 0.133 e. The number of nitrogens with one attached hydrogen (secondary N) is 1. The topological polar surface area (TPSA) is 50.9 Å². The van der Waals surface area contributed by atoms with E-state index in [2.05, 4.69) is 28.5 Å². The molecule has 86 valence electrons. The fourth-order valence-corrected chi connectivity index (χ4v) is 2.25. The third-order valence-corrected chi connectivity index (χ3v) is 3.13. The summed E-state index contributed by atoms with van der Waals surface area (Å²) in [6, 6.07) is 12.3. The van der Waals surface area contributed by atoms with Crippen molar-refractivity contribution in [2.24, 2.45) is 0 Å². The number of rotatable bonds is 1. The molecule has 0 atom stereocenters. The van der Waals surface area contributed by atoms with Crippen LogP contribution in [0.2, 0.25) is 0 Å². The van der Waals surface area contributed by atoms with Crippen LogP contribution in [0.15, 0.2) is 36.4 Å². The van der Waals surface area contributed by atoms with E-state index in [1.165, 1.54) is 5.56 Å². The van der Waals surface area contributed by atoms with E-state index in [1.54, 1.807) is 0 Å². The van der Waals surface area contributed by atoms with Crippen LogP contribution in [0.5, 0.6) is 0 Å². The van der Waals surface area contributed by atoms with E-state index >= 15 is 0 Å². The summed E-state index contributed by atoms with van der Waals surface area (Å²) in [5.74, 6) is 1.55. The van der Waals surface area contributed by atoms with Crippen LogP contribution >= 0.6 is 0 Å². The molecule has 0 bridgehead atoms. The fourth-order valence-electron chi connectivity index (χ4n) is 2.25. The zero-order valence-corrected chi connectivity index (χ0v) is 9.61. The molecule has 3 N–H and O–H groups in total. The predicted molar refractivity (Wildman–Crippen MR) is 70.9 cm³/mol. The molecular formula is C14H15N3. The number of aromatic nitrogens is 1. The van der Waals surface area contributed by atoms with E-state index in [-0.39, 0.29) is 0 Å². The number of nitrogen functional groups attached to an aromatic ring is 1. The molecule has 1 aliphatic rings. The highest BCUT2D eigenvalue weighted by Crippen LogP contribution is 2.30. The number of hydrogen-bond acceptors (Lipinski definition) is 3. The summed E-state index contributed by atoms with van der Waals surface area (Å²) >= 11 is 0. The first-order valence-electron chi connectivity index (χ1n) is 5.93. The monoisotopic (exact) mass is 225 g/mol. The van der Waals surface area contributed by atoms with Crippen molar-refractivity contribution in [3.8, 4) is 11.1 Å². The van der Waals surface area contributed by atoms with Crippen LogP contribution in [0.1, 0.15) is 12.0 Å². The van der Waals surface area contributed by atoms with Gasteiger partial charge in [0, 0.05) is 12.1 Å². The van der Waals surface area contributed by atoms with Gasteiger partial charge in [0.2, 0.25) is 0 Å². The van der Waals surface area contributed by atoms with Crippen LogP contribution in [-0.2, 0) is 6.42 Å². The van der Waals surface area contributed by atoms with Gasteiger partial charge in [-0.15, -0.1) is 0 Å². The highest BCUT2D eigenvalue weighted by Gasteiger charge is 2.13. The predicted octanol–water partition coefficient (Wildman–Crippen LogP) is 2.69. The van der Waals surface area contributed by atoms with Crippen LogP contribution in [0, 0.1) is 0 Å². The molecule has 0 unspecified atom stereocenters. The molecule has 0 aliphatic carbocycles. The maximum absolute atomic E-state index is 6.03. The lowest BCUT2D eigenvalue weighted by atomic mass is 10.0. The lowest BCUT2D eigenvalue weighted by Crippen LogP contribution is -2.14. The minimum atomic E-state index is 0.601. The van der Waals surface area contributed by atoms with E-state index in [0.717, 1.165) is 36.3 Å². The van der Waals surface area contributed by atoms with Crippen molar-refractivity contribution in [2.45, 2.75) is 12.8 Å². The zero-order valence-electron chi connectivity index (χ0n) is 9.61. The third-order valence-electron chi connectivity index (χ3n) is 3.13. The second-order valence-electron chi connectivity index (χ2n) is 4.33. The van der Waals surface area contributed by atoms with Crippen LogP contribution in [0.4, 0.5) is 11.6 Å². The standard InChI is InChI=1S/C14H15N3/c15-13-12(10-5-2-1-3-6-10)9-11-7-4-8-16-14(11)17-13/h1-3,5-6,9H,4,7-8H2,(H3,15,16,17). The van der Waals surface area contributed by atoms with Crippen LogP contribution in [0.3, 0.4) is 0 Å². The fraction of sp³-hybridized carbons (Fsp3) is 0.214. The van der Waals surface area contributed by atoms with Gasteiger partial charge < -0.3 is 11.1 Å². The third kappa shape index (κ3) is 1.84. The van der Waals surface area contributed by atoms with Crippen molar-refractivity contribution < 1.29 is 0 Å². The lowest BCUT2D eigenvalue weighted by Gasteiger charge is -2.19. The molecule has 3 rings (SSSR count). The van der Waals surface area contributed by atoms with Crippen LogP contribution in [-0.4, -0.2) is 11.5 Å². The maximum atomic E-state index is 6.03. The van der Waals surface area contributed by atoms with Crippen molar-refractivity contribution in [2.75, 3.05) is 17.6 Å². The molecule has 0 saturated heterocycles. The normalized spacial score (nSPS) is 13.9.